The number of aliphatic imine (C=N–C) groups is 1. The fourth-order valence-corrected chi connectivity index (χ4v) is 1.56. The Bertz CT molecular complexity index is 458. The van der Waals surface area contributed by atoms with Crippen molar-refractivity contribution >= 4 is 35.4 Å². The predicted molar refractivity (Wildman–Crippen MR) is 63.2 cm³/mol. The first-order valence-electron chi connectivity index (χ1n) is 4.43. The van der Waals surface area contributed by atoms with Gasteiger partial charge in [0.25, 0.3) is 0 Å². The topological polar surface area (TPSA) is 69.9 Å². The van der Waals surface area contributed by atoms with E-state index in [2.05, 4.69) is 4.99 Å². The third-order valence-corrected chi connectivity index (χ3v) is 2.64. The van der Waals surface area contributed by atoms with E-state index >= 15 is 0 Å². The summed E-state index contributed by atoms with van der Waals surface area (Å²) in [6.07, 6.45) is 1.35. The molecule has 0 bridgehead atoms. The van der Waals surface area contributed by atoms with E-state index in [0.717, 1.165) is 0 Å². The second kappa shape index (κ2) is 5.18. The molecule has 0 saturated heterocycles. The van der Waals surface area contributed by atoms with Crippen LogP contribution in [0.1, 0.15) is 22.8 Å². The Balaban J connectivity index is 3.44. The third kappa shape index (κ3) is 2.46. The van der Waals surface area contributed by atoms with E-state index in [4.69, 9.17) is 28.3 Å². The van der Waals surface area contributed by atoms with Gasteiger partial charge in [-0.3, -0.25) is 4.99 Å². The zero-order valence-electron chi connectivity index (χ0n) is 8.37. The Kier molecular flexibility index (Phi) is 4.15. The first-order chi connectivity index (χ1) is 7.49. The van der Waals surface area contributed by atoms with Gasteiger partial charge < -0.3 is 10.2 Å². The number of nitrogens with zero attached hydrogens (tertiary/aromatic N) is 1. The molecule has 0 unspecified atom stereocenters. The summed E-state index contributed by atoms with van der Waals surface area (Å²) in [6, 6.07) is 1.37. The molecule has 6 heteroatoms. The maximum atomic E-state index is 10.9. The minimum absolute atomic E-state index is 0.0643. The van der Waals surface area contributed by atoms with Crippen LogP contribution >= 0.6 is 23.2 Å². The molecule has 0 aromatic heterocycles. The van der Waals surface area contributed by atoms with Gasteiger partial charge in [-0.1, -0.05) is 23.2 Å². The molecule has 16 heavy (non-hydrogen) atoms. The van der Waals surface area contributed by atoms with Crippen LogP contribution in [0.3, 0.4) is 0 Å². The zero-order valence-corrected chi connectivity index (χ0v) is 9.88. The molecule has 0 saturated carbocycles. The molecule has 1 rings (SSSR count). The Labute approximate surface area is 102 Å². The number of halogens is 2. The van der Waals surface area contributed by atoms with Gasteiger partial charge in [-0.2, -0.15) is 0 Å². The van der Waals surface area contributed by atoms with Crippen LogP contribution in [0.25, 0.3) is 0 Å². The first-order valence-corrected chi connectivity index (χ1v) is 5.18. The summed E-state index contributed by atoms with van der Waals surface area (Å²) in [6.45, 7) is 2.32. The number of aromatic hydroxyl groups is 1. The summed E-state index contributed by atoms with van der Waals surface area (Å²) < 4.78 is 0. The molecule has 86 valence electrons. The Morgan fingerprint density at radius 3 is 2.69 bits per heavy atom. The average molecular weight is 262 g/mol. The number of rotatable bonds is 3. The summed E-state index contributed by atoms with van der Waals surface area (Å²) >= 11 is 11.4. The Hall–Kier alpha value is -1.26. The molecule has 0 aliphatic heterocycles. The fraction of sp³-hybridized carbons (Fsp3) is 0.200. The second-order valence-electron chi connectivity index (χ2n) is 2.92. The van der Waals surface area contributed by atoms with Gasteiger partial charge in [0, 0.05) is 18.3 Å². The highest BCUT2D eigenvalue weighted by Crippen LogP contribution is 2.34. The summed E-state index contributed by atoms with van der Waals surface area (Å²) in [5, 5.41) is 18.4. The number of hydrogen-bond donors (Lipinski definition) is 2. The highest BCUT2D eigenvalue weighted by molar-refractivity contribution is 6.44. The smallest absolute Gasteiger partial charge is 0.341 e. The van der Waals surface area contributed by atoms with E-state index in [0.29, 0.717) is 6.54 Å². The lowest BCUT2D eigenvalue weighted by molar-refractivity contribution is 0.0694. The van der Waals surface area contributed by atoms with Gasteiger partial charge in [0.1, 0.15) is 11.3 Å². The van der Waals surface area contributed by atoms with E-state index < -0.39 is 17.3 Å². The van der Waals surface area contributed by atoms with E-state index in [9.17, 15) is 9.90 Å². The number of aromatic carboxylic acids is 1. The molecule has 2 N–H and O–H groups in total. The first kappa shape index (κ1) is 12.8. The predicted octanol–water partition coefficient (Wildman–Crippen LogP) is 2.84. The van der Waals surface area contributed by atoms with Gasteiger partial charge in [0.05, 0.1) is 10.0 Å². The summed E-state index contributed by atoms with van der Waals surface area (Å²) in [7, 11) is 0. The standard InChI is InChI=1S/C10H9Cl2NO3/c1-2-13-4-5-3-6(11)8(12)7(9(5)14)10(15)16/h3-4,14H,2H2,1H3,(H,15,16). The highest BCUT2D eigenvalue weighted by atomic mass is 35.5. The molecular formula is C10H9Cl2NO3. The average Bonchev–Trinajstić information content (AvgIpc) is 2.21. The maximum Gasteiger partial charge on any atom is 0.341 e. The van der Waals surface area contributed by atoms with Crippen molar-refractivity contribution in [1.82, 2.24) is 0 Å². The van der Waals surface area contributed by atoms with Crippen molar-refractivity contribution in [1.29, 1.82) is 0 Å². The molecule has 0 radical (unpaired) electrons. The molecular weight excluding hydrogens is 253 g/mol. The monoisotopic (exact) mass is 261 g/mol. The third-order valence-electron chi connectivity index (χ3n) is 1.85. The van der Waals surface area contributed by atoms with Crippen molar-refractivity contribution in [3.05, 3.63) is 27.2 Å². The van der Waals surface area contributed by atoms with Crippen LogP contribution < -0.4 is 0 Å². The minimum atomic E-state index is -1.34. The van der Waals surface area contributed by atoms with Gasteiger partial charge in [0.15, 0.2) is 0 Å². The van der Waals surface area contributed by atoms with Gasteiger partial charge in [-0.15, -0.1) is 0 Å². The van der Waals surface area contributed by atoms with Crippen molar-refractivity contribution in [2.45, 2.75) is 6.92 Å². The summed E-state index contributed by atoms with van der Waals surface area (Å²) in [5.74, 6) is -1.77. The molecule has 0 aliphatic carbocycles. The molecule has 0 aliphatic rings. The molecule has 0 heterocycles. The van der Waals surface area contributed by atoms with Crippen LogP contribution in [-0.4, -0.2) is 28.9 Å². The van der Waals surface area contributed by atoms with Crippen LogP contribution in [-0.2, 0) is 0 Å². The molecule has 0 spiro atoms. The van der Waals surface area contributed by atoms with E-state index in [-0.39, 0.29) is 15.6 Å². The molecule has 1 aromatic carbocycles. The molecule has 1 aromatic rings. The number of carboxylic acids is 1. The van der Waals surface area contributed by atoms with Gasteiger partial charge in [-0.05, 0) is 13.0 Å². The van der Waals surface area contributed by atoms with Crippen molar-refractivity contribution in [2.75, 3.05) is 6.54 Å². The van der Waals surface area contributed by atoms with E-state index in [1.54, 1.807) is 0 Å². The summed E-state index contributed by atoms with van der Waals surface area (Å²) in [4.78, 5) is 14.8. The second-order valence-corrected chi connectivity index (χ2v) is 3.70. The number of phenols is 1. The molecule has 4 nitrogen and oxygen atoms in total. The number of hydrogen-bond acceptors (Lipinski definition) is 3. The minimum Gasteiger partial charge on any atom is -0.506 e. The Morgan fingerprint density at radius 1 is 1.56 bits per heavy atom. The lowest BCUT2D eigenvalue weighted by Gasteiger charge is -2.07. The van der Waals surface area contributed by atoms with Crippen molar-refractivity contribution in [3.8, 4) is 5.75 Å². The normalized spacial score (nSPS) is 10.9. The van der Waals surface area contributed by atoms with Crippen molar-refractivity contribution < 1.29 is 15.0 Å². The van der Waals surface area contributed by atoms with Crippen LogP contribution in [0.2, 0.25) is 10.0 Å². The SMILES string of the molecule is CCN=Cc1cc(Cl)c(Cl)c(C(=O)O)c1O. The highest BCUT2D eigenvalue weighted by Gasteiger charge is 2.20. The number of carbonyl (C=O) groups is 1. The van der Waals surface area contributed by atoms with Gasteiger partial charge in [-0.25, -0.2) is 4.79 Å². The van der Waals surface area contributed by atoms with Crippen LogP contribution in [0.4, 0.5) is 0 Å². The quantitative estimate of drug-likeness (QED) is 0.823. The van der Waals surface area contributed by atoms with Crippen molar-refractivity contribution in [3.63, 3.8) is 0 Å². The lowest BCUT2D eigenvalue weighted by Crippen LogP contribution is -2.01. The summed E-state index contributed by atoms with van der Waals surface area (Å²) in [5.41, 5.74) is -0.180. The Morgan fingerprint density at radius 2 is 2.19 bits per heavy atom. The van der Waals surface area contributed by atoms with Gasteiger partial charge >= 0.3 is 5.97 Å². The number of benzene rings is 1. The van der Waals surface area contributed by atoms with E-state index in [1.807, 2.05) is 6.92 Å². The molecule has 0 atom stereocenters. The van der Waals surface area contributed by atoms with Crippen molar-refractivity contribution in [2.24, 2.45) is 4.99 Å². The van der Waals surface area contributed by atoms with E-state index in [1.165, 1.54) is 12.3 Å². The molecule has 0 amide bonds. The molecule has 0 fully saturated rings. The lowest BCUT2D eigenvalue weighted by atomic mass is 10.1. The van der Waals surface area contributed by atoms with Crippen LogP contribution in [0.15, 0.2) is 11.1 Å². The fourth-order valence-electron chi connectivity index (χ4n) is 1.12. The van der Waals surface area contributed by atoms with Gasteiger partial charge in [0.2, 0.25) is 0 Å². The van der Waals surface area contributed by atoms with Crippen LogP contribution in [0, 0.1) is 0 Å². The zero-order chi connectivity index (χ0) is 12.3. The number of carboxylic acid groups (broad SMARTS) is 1. The van der Waals surface area contributed by atoms with Crippen LogP contribution in [0.5, 0.6) is 5.75 Å². The maximum absolute atomic E-state index is 10.9. The largest absolute Gasteiger partial charge is 0.506 e.